The average molecular weight is 322 g/mol. The molecule has 0 amide bonds. The van der Waals surface area contributed by atoms with E-state index < -0.39 is 38.4 Å². The summed E-state index contributed by atoms with van der Waals surface area (Å²) in [6, 6.07) is 0.885. The van der Waals surface area contributed by atoms with Crippen molar-refractivity contribution in [1.82, 2.24) is 4.31 Å². The van der Waals surface area contributed by atoms with Gasteiger partial charge in [0, 0.05) is 19.1 Å². The van der Waals surface area contributed by atoms with E-state index in [4.69, 9.17) is 5.73 Å². The summed E-state index contributed by atoms with van der Waals surface area (Å²) < 4.78 is 66.0. The maximum absolute atomic E-state index is 13.8. The van der Waals surface area contributed by atoms with E-state index >= 15 is 0 Å². The minimum absolute atomic E-state index is 0.0921. The molecule has 21 heavy (non-hydrogen) atoms. The molecule has 0 aliphatic carbocycles. The summed E-state index contributed by atoms with van der Waals surface area (Å²) in [6.45, 7) is 2.25. The number of halogens is 3. The van der Waals surface area contributed by atoms with Crippen LogP contribution in [0.1, 0.15) is 19.8 Å². The number of piperidine rings is 1. The first kappa shape index (κ1) is 16.3. The highest BCUT2D eigenvalue weighted by Crippen LogP contribution is 2.30. The van der Waals surface area contributed by atoms with Gasteiger partial charge in [-0.05, 0) is 30.9 Å². The highest BCUT2D eigenvalue weighted by molar-refractivity contribution is 7.89. The lowest BCUT2D eigenvalue weighted by molar-refractivity contribution is 0.210. The lowest BCUT2D eigenvalue weighted by atomic mass is 9.94. The van der Waals surface area contributed by atoms with E-state index in [0.29, 0.717) is 24.8 Å². The zero-order chi connectivity index (χ0) is 15.8. The van der Waals surface area contributed by atoms with Crippen molar-refractivity contribution in [3.63, 3.8) is 0 Å². The molecule has 1 saturated heterocycles. The van der Waals surface area contributed by atoms with E-state index in [2.05, 4.69) is 0 Å². The van der Waals surface area contributed by atoms with Gasteiger partial charge in [0.2, 0.25) is 10.0 Å². The fourth-order valence-corrected chi connectivity index (χ4v) is 4.31. The van der Waals surface area contributed by atoms with Gasteiger partial charge in [-0.15, -0.1) is 0 Å². The number of nitrogens with zero attached hydrogens (tertiary/aromatic N) is 1. The molecule has 0 saturated carbocycles. The largest absolute Gasteiger partial charge is 0.329 e. The van der Waals surface area contributed by atoms with Crippen LogP contribution in [0.2, 0.25) is 0 Å². The zero-order valence-electron chi connectivity index (χ0n) is 11.5. The van der Waals surface area contributed by atoms with Crippen LogP contribution in [0, 0.1) is 23.4 Å². The van der Waals surface area contributed by atoms with Crippen molar-refractivity contribution >= 4 is 10.0 Å². The van der Waals surface area contributed by atoms with Gasteiger partial charge in [-0.2, -0.15) is 4.31 Å². The van der Waals surface area contributed by atoms with Gasteiger partial charge in [0.05, 0.1) is 0 Å². The van der Waals surface area contributed by atoms with Crippen LogP contribution < -0.4 is 5.73 Å². The summed E-state index contributed by atoms with van der Waals surface area (Å²) >= 11 is 0. The fourth-order valence-electron chi connectivity index (χ4n) is 2.59. The summed E-state index contributed by atoms with van der Waals surface area (Å²) in [5.41, 5.74) is 5.59. The Hall–Kier alpha value is -1.12. The molecular weight excluding hydrogens is 305 g/mol. The highest BCUT2D eigenvalue weighted by Gasteiger charge is 2.37. The monoisotopic (exact) mass is 322 g/mol. The Bertz CT molecular complexity index is 637. The molecule has 1 heterocycles. The predicted molar refractivity (Wildman–Crippen MR) is 71.4 cm³/mol. The maximum atomic E-state index is 13.8. The number of benzene rings is 1. The summed E-state index contributed by atoms with van der Waals surface area (Å²) in [5.74, 6) is -4.59. The molecule has 0 spiro atoms. The van der Waals surface area contributed by atoms with Crippen LogP contribution in [0.3, 0.4) is 0 Å². The molecule has 8 heteroatoms. The minimum Gasteiger partial charge on any atom is -0.329 e. The van der Waals surface area contributed by atoms with Crippen LogP contribution in [0.25, 0.3) is 0 Å². The Morgan fingerprint density at radius 2 is 1.95 bits per heavy atom. The smallest absolute Gasteiger partial charge is 0.246 e. The Kier molecular flexibility index (Phi) is 4.60. The van der Waals surface area contributed by atoms with E-state index in [1.807, 2.05) is 6.92 Å². The van der Waals surface area contributed by atoms with Gasteiger partial charge in [0.1, 0.15) is 4.90 Å². The molecular formula is C13H17F3N2O2S. The molecule has 0 radical (unpaired) electrons. The topological polar surface area (TPSA) is 63.4 Å². The normalized spacial score (nSPS) is 24.2. The second-order valence-electron chi connectivity index (χ2n) is 5.31. The van der Waals surface area contributed by atoms with Crippen LogP contribution in [-0.4, -0.2) is 31.9 Å². The molecule has 2 rings (SSSR count). The van der Waals surface area contributed by atoms with E-state index in [1.54, 1.807) is 0 Å². The second-order valence-corrected chi connectivity index (χ2v) is 7.17. The van der Waals surface area contributed by atoms with E-state index in [0.717, 1.165) is 10.4 Å². The molecule has 0 bridgehead atoms. The van der Waals surface area contributed by atoms with Gasteiger partial charge in [-0.25, -0.2) is 21.6 Å². The first-order valence-electron chi connectivity index (χ1n) is 6.64. The molecule has 118 valence electrons. The van der Waals surface area contributed by atoms with Crippen molar-refractivity contribution in [1.29, 1.82) is 0 Å². The number of hydrogen-bond donors (Lipinski definition) is 1. The van der Waals surface area contributed by atoms with Crippen molar-refractivity contribution < 1.29 is 21.6 Å². The molecule has 2 atom stereocenters. The molecule has 1 aromatic rings. The first-order chi connectivity index (χ1) is 9.78. The van der Waals surface area contributed by atoms with Crippen LogP contribution in [-0.2, 0) is 10.0 Å². The lowest BCUT2D eigenvalue weighted by Crippen LogP contribution is -2.49. The molecule has 1 aliphatic heterocycles. The van der Waals surface area contributed by atoms with Crippen LogP contribution in [0.4, 0.5) is 13.2 Å². The van der Waals surface area contributed by atoms with Gasteiger partial charge in [-0.3, -0.25) is 0 Å². The summed E-state index contributed by atoms with van der Waals surface area (Å²) in [4.78, 5) is -0.852. The van der Waals surface area contributed by atoms with Gasteiger partial charge >= 0.3 is 0 Å². The average Bonchev–Trinajstić information content (AvgIpc) is 2.44. The third kappa shape index (κ3) is 2.93. The van der Waals surface area contributed by atoms with E-state index in [9.17, 15) is 21.6 Å². The Morgan fingerprint density at radius 1 is 1.29 bits per heavy atom. The SMILES string of the molecule is CC1CCN(S(=O)(=O)c2ccc(F)c(F)c2F)C(CN)C1. The van der Waals surface area contributed by atoms with Gasteiger partial charge in [0.15, 0.2) is 17.5 Å². The summed E-state index contributed by atoms with van der Waals surface area (Å²) in [6.07, 6.45) is 1.17. The van der Waals surface area contributed by atoms with E-state index in [1.165, 1.54) is 0 Å². The molecule has 1 aromatic carbocycles. The van der Waals surface area contributed by atoms with Crippen LogP contribution in [0.5, 0.6) is 0 Å². The predicted octanol–water partition coefficient (Wildman–Crippen LogP) is 1.85. The Labute approximate surface area is 121 Å². The first-order valence-corrected chi connectivity index (χ1v) is 8.08. The van der Waals surface area contributed by atoms with Crippen molar-refractivity contribution in [3.8, 4) is 0 Å². The number of hydrogen-bond acceptors (Lipinski definition) is 3. The van der Waals surface area contributed by atoms with Gasteiger partial charge in [-0.1, -0.05) is 6.92 Å². The molecule has 1 aliphatic rings. The van der Waals surface area contributed by atoms with Crippen LogP contribution in [0.15, 0.2) is 17.0 Å². The minimum atomic E-state index is -4.24. The Balaban J connectivity index is 2.44. The standard InChI is InChI=1S/C13H17F3N2O2S/c1-8-4-5-18(9(6-8)7-17)21(19,20)11-3-2-10(14)12(15)13(11)16/h2-3,8-9H,4-7,17H2,1H3. The number of nitrogens with two attached hydrogens (primary N) is 1. The Morgan fingerprint density at radius 3 is 2.57 bits per heavy atom. The summed E-state index contributed by atoms with van der Waals surface area (Å²) in [7, 11) is -4.24. The van der Waals surface area contributed by atoms with Crippen molar-refractivity contribution in [2.45, 2.75) is 30.7 Å². The second kappa shape index (κ2) is 5.94. The summed E-state index contributed by atoms with van der Waals surface area (Å²) in [5, 5.41) is 0. The maximum Gasteiger partial charge on any atom is 0.246 e. The van der Waals surface area contributed by atoms with Crippen molar-refractivity contribution in [3.05, 3.63) is 29.6 Å². The molecule has 0 aromatic heterocycles. The molecule has 4 nitrogen and oxygen atoms in total. The molecule has 1 fully saturated rings. The third-order valence-electron chi connectivity index (χ3n) is 3.78. The lowest BCUT2D eigenvalue weighted by Gasteiger charge is -2.36. The zero-order valence-corrected chi connectivity index (χ0v) is 12.3. The van der Waals surface area contributed by atoms with Crippen molar-refractivity contribution in [2.24, 2.45) is 11.7 Å². The van der Waals surface area contributed by atoms with Gasteiger partial charge < -0.3 is 5.73 Å². The molecule has 2 unspecified atom stereocenters. The number of sulfonamides is 1. The highest BCUT2D eigenvalue weighted by atomic mass is 32.2. The van der Waals surface area contributed by atoms with Crippen molar-refractivity contribution in [2.75, 3.05) is 13.1 Å². The molecule has 2 N–H and O–H groups in total. The quantitative estimate of drug-likeness (QED) is 0.864. The fraction of sp³-hybridized carbons (Fsp3) is 0.538. The van der Waals surface area contributed by atoms with E-state index in [-0.39, 0.29) is 13.1 Å². The van der Waals surface area contributed by atoms with Crippen LogP contribution >= 0.6 is 0 Å². The van der Waals surface area contributed by atoms with Gasteiger partial charge in [0.25, 0.3) is 0 Å². The number of rotatable bonds is 3. The third-order valence-corrected chi connectivity index (χ3v) is 5.75.